The molecule has 0 saturated carbocycles. The molecule has 0 radical (unpaired) electrons. The number of ketones is 3. The Labute approximate surface area is 103 Å². The number of rotatable bonds is 8. The molecule has 0 N–H and O–H groups in total. The first kappa shape index (κ1) is 17.6. The average molecular weight is 236 g/mol. The first-order valence-corrected chi connectivity index (χ1v) is 5.33. The Morgan fingerprint density at radius 3 is 1.35 bits per heavy atom. The van der Waals surface area contributed by atoms with E-state index in [-0.39, 0.29) is 36.6 Å². The van der Waals surface area contributed by atoms with Crippen molar-refractivity contribution in [3.63, 3.8) is 0 Å². The highest BCUT2D eigenvalue weighted by Gasteiger charge is 2.05. The Bertz CT molecular complexity index is 281. The number of hydrogen-bond donors (Lipinski definition) is 0. The lowest BCUT2D eigenvalue weighted by molar-refractivity contribution is -0.126. The fourth-order valence-corrected chi connectivity index (χ4v) is 0.889. The van der Waals surface area contributed by atoms with Crippen molar-refractivity contribution in [1.82, 2.24) is 0 Å². The molecule has 0 atom stereocenters. The number of carbonyl (C=O) groups is 3. The second kappa shape index (κ2) is 12.3. The first-order chi connectivity index (χ1) is 7.97. The Morgan fingerprint density at radius 2 is 1.18 bits per heavy atom. The molecule has 0 bridgehead atoms. The van der Waals surface area contributed by atoms with Crippen LogP contribution >= 0.6 is 0 Å². The molecule has 0 heterocycles. The fourth-order valence-electron chi connectivity index (χ4n) is 0.889. The molecule has 94 valence electrons. The van der Waals surface area contributed by atoms with Crippen molar-refractivity contribution < 1.29 is 14.4 Å². The van der Waals surface area contributed by atoms with Gasteiger partial charge in [0.05, 0.1) is 6.42 Å². The summed E-state index contributed by atoms with van der Waals surface area (Å²) in [6, 6.07) is 0. The van der Waals surface area contributed by atoms with E-state index in [1.165, 1.54) is 12.2 Å². The summed E-state index contributed by atoms with van der Waals surface area (Å²) in [6.45, 7) is 11.7. The zero-order chi connectivity index (χ0) is 13.7. The standard InChI is InChI=1S/C9H12O2.C5H8O/c1-3-5-8(10)7-9(11)6-4-2;1-3-4-5(2)6/h3-4H,1-2,5-7H2;3H,1,4H2,2H3. The van der Waals surface area contributed by atoms with Gasteiger partial charge in [-0.1, -0.05) is 18.2 Å². The van der Waals surface area contributed by atoms with Crippen LogP contribution in [0.25, 0.3) is 0 Å². The van der Waals surface area contributed by atoms with Gasteiger partial charge < -0.3 is 0 Å². The minimum atomic E-state index is -0.0770. The Morgan fingerprint density at radius 1 is 0.824 bits per heavy atom. The average Bonchev–Trinajstić information content (AvgIpc) is 2.18. The molecule has 0 aromatic carbocycles. The lowest BCUT2D eigenvalue weighted by atomic mass is 10.1. The maximum atomic E-state index is 10.8. The molecule has 0 aliphatic carbocycles. The van der Waals surface area contributed by atoms with Gasteiger partial charge >= 0.3 is 0 Å². The van der Waals surface area contributed by atoms with E-state index in [1.807, 2.05) is 0 Å². The highest BCUT2D eigenvalue weighted by molar-refractivity contribution is 5.99. The number of hydrogen-bond acceptors (Lipinski definition) is 3. The van der Waals surface area contributed by atoms with E-state index in [4.69, 9.17) is 0 Å². The molecule has 0 aromatic rings. The maximum Gasteiger partial charge on any atom is 0.143 e. The number of carbonyl (C=O) groups excluding carboxylic acids is 3. The molecular weight excluding hydrogens is 216 g/mol. The van der Waals surface area contributed by atoms with Crippen LogP contribution in [0.2, 0.25) is 0 Å². The second-order valence-electron chi connectivity index (χ2n) is 3.43. The van der Waals surface area contributed by atoms with Gasteiger partial charge in [-0.15, -0.1) is 19.7 Å². The Hall–Kier alpha value is -1.77. The Balaban J connectivity index is 0. The van der Waals surface area contributed by atoms with E-state index < -0.39 is 0 Å². The van der Waals surface area contributed by atoms with E-state index in [2.05, 4.69) is 19.7 Å². The third-order valence-electron chi connectivity index (χ3n) is 1.57. The van der Waals surface area contributed by atoms with Gasteiger partial charge in [0.15, 0.2) is 0 Å². The van der Waals surface area contributed by atoms with Crippen molar-refractivity contribution in [2.45, 2.75) is 32.6 Å². The summed E-state index contributed by atoms with van der Waals surface area (Å²) in [5.41, 5.74) is 0. The maximum absolute atomic E-state index is 10.8. The van der Waals surface area contributed by atoms with Gasteiger partial charge in [0.1, 0.15) is 17.3 Å². The van der Waals surface area contributed by atoms with Crippen LogP contribution in [0.4, 0.5) is 0 Å². The molecule has 0 amide bonds. The zero-order valence-corrected chi connectivity index (χ0v) is 10.4. The predicted molar refractivity (Wildman–Crippen MR) is 69.8 cm³/mol. The van der Waals surface area contributed by atoms with Crippen molar-refractivity contribution in [1.29, 1.82) is 0 Å². The smallest absolute Gasteiger partial charge is 0.143 e. The summed E-state index contributed by atoms with van der Waals surface area (Å²) < 4.78 is 0. The summed E-state index contributed by atoms with van der Waals surface area (Å²) >= 11 is 0. The van der Waals surface area contributed by atoms with Crippen molar-refractivity contribution >= 4 is 17.3 Å². The van der Waals surface area contributed by atoms with Crippen molar-refractivity contribution in [3.8, 4) is 0 Å². The highest BCUT2D eigenvalue weighted by atomic mass is 16.1. The summed E-state index contributed by atoms with van der Waals surface area (Å²) in [6.07, 6.45) is 5.68. The summed E-state index contributed by atoms with van der Waals surface area (Å²) in [7, 11) is 0. The SMILES string of the molecule is C=CCC(=O)CC(=O)CC=C.C=CCC(C)=O. The van der Waals surface area contributed by atoms with E-state index in [1.54, 1.807) is 13.0 Å². The van der Waals surface area contributed by atoms with Crippen LogP contribution in [-0.4, -0.2) is 17.3 Å². The minimum Gasteiger partial charge on any atom is -0.300 e. The second-order valence-corrected chi connectivity index (χ2v) is 3.43. The molecule has 3 heteroatoms. The third kappa shape index (κ3) is 16.9. The molecule has 0 saturated heterocycles. The van der Waals surface area contributed by atoms with Gasteiger partial charge in [0.25, 0.3) is 0 Å². The van der Waals surface area contributed by atoms with Crippen LogP contribution in [0.3, 0.4) is 0 Å². The minimum absolute atomic E-state index is 0.0119. The number of Topliss-reactive ketones (excluding diaryl/α,β-unsaturated/α-hetero) is 3. The van der Waals surface area contributed by atoms with Crippen LogP contribution in [0, 0.1) is 0 Å². The van der Waals surface area contributed by atoms with E-state index >= 15 is 0 Å². The molecule has 0 fully saturated rings. The summed E-state index contributed by atoms with van der Waals surface area (Å²) in [5.74, 6) is 0.0173. The van der Waals surface area contributed by atoms with Crippen molar-refractivity contribution in [3.05, 3.63) is 38.0 Å². The lowest BCUT2D eigenvalue weighted by Crippen LogP contribution is -2.05. The molecule has 0 unspecified atom stereocenters. The normalized spacial score (nSPS) is 8.29. The van der Waals surface area contributed by atoms with Gasteiger partial charge in [-0.25, -0.2) is 0 Å². The number of allylic oxidation sites excluding steroid dienone is 3. The largest absolute Gasteiger partial charge is 0.300 e. The van der Waals surface area contributed by atoms with Crippen molar-refractivity contribution in [2.24, 2.45) is 0 Å². The fraction of sp³-hybridized carbons (Fsp3) is 0.357. The monoisotopic (exact) mass is 236 g/mol. The van der Waals surface area contributed by atoms with E-state index in [9.17, 15) is 14.4 Å². The lowest BCUT2D eigenvalue weighted by Gasteiger charge is -1.93. The van der Waals surface area contributed by atoms with Crippen LogP contribution in [0.15, 0.2) is 38.0 Å². The molecule has 0 rings (SSSR count). The first-order valence-electron chi connectivity index (χ1n) is 5.33. The molecule has 0 spiro atoms. The summed E-state index contributed by atoms with van der Waals surface area (Å²) in [5, 5.41) is 0. The van der Waals surface area contributed by atoms with Gasteiger partial charge in [0, 0.05) is 19.3 Å². The van der Waals surface area contributed by atoms with Crippen LogP contribution < -0.4 is 0 Å². The molecule has 17 heavy (non-hydrogen) atoms. The zero-order valence-electron chi connectivity index (χ0n) is 10.4. The van der Waals surface area contributed by atoms with Gasteiger partial charge in [-0.05, 0) is 6.92 Å². The molecule has 0 aliphatic heterocycles. The summed E-state index contributed by atoms with van der Waals surface area (Å²) in [4.78, 5) is 31.6. The molecule has 0 aliphatic rings. The van der Waals surface area contributed by atoms with E-state index in [0.717, 1.165) is 0 Å². The molecule has 0 aromatic heterocycles. The van der Waals surface area contributed by atoms with Crippen LogP contribution in [-0.2, 0) is 14.4 Å². The quantitative estimate of drug-likeness (QED) is 0.481. The molecular formula is C14H20O3. The van der Waals surface area contributed by atoms with Gasteiger partial charge in [-0.3, -0.25) is 14.4 Å². The highest BCUT2D eigenvalue weighted by Crippen LogP contribution is 1.95. The third-order valence-corrected chi connectivity index (χ3v) is 1.57. The van der Waals surface area contributed by atoms with Crippen molar-refractivity contribution in [2.75, 3.05) is 0 Å². The van der Waals surface area contributed by atoms with Gasteiger partial charge in [0.2, 0.25) is 0 Å². The predicted octanol–water partition coefficient (Wildman–Crippen LogP) is 2.82. The Kier molecular flexibility index (Phi) is 12.7. The van der Waals surface area contributed by atoms with E-state index in [0.29, 0.717) is 6.42 Å². The van der Waals surface area contributed by atoms with Gasteiger partial charge in [-0.2, -0.15) is 0 Å². The topological polar surface area (TPSA) is 51.2 Å². The van der Waals surface area contributed by atoms with Crippen LogP contribution in [0.5, 0.6) is 0 Å². The molecule has 3 nitrogen and oxygen atoms in total. The van der Waals surface area contributed by atoms with Crippen LogP contribution in [0.1, 0.15) is 32.6 Å².